The zero-order valence-electron chi connectivity index (χ0n) is 10.5. The van der Waals surface area contributed by atoms with Crippen molar-refractivity contribution >= 4 is 11.4 Å². The molecule has 5 nitrogen and oxygen atoms in total. The van der Waals surface area contributed by atoms with Crippen molar-refractivity contribution in [1.82, 2.24) is 0 Å². The summed E-state index contributed by atoms with van der Waals surface area (Å²) in [6.07, 6.45) is 3.61. The molecule has 1 N–H and O–H groups in total. The molecule has 1 fully saturated rings. The molecule has 1 saturated carbocycles. The molecule has 0 aliphatic heterocycles. The van der Waals surface area contributed by atoms with Crippen molar-refractivity contribution in [3.8, 4) is 0 Å². The zero-order chi connectivity index (χ0) is 13.2. The maximum absolute atomic E-state index is 11.0. The lowest BCUT2D eigenvalue weighted by molar-refractivity contribution is -0.384. The van der Waals surface area contributed by atoms with E-state index in [1.54, 1.807) is 30.1 Å². The summed E-state index contributed by atoms with van der Waals surface area (Å²) in [6.45, 7) is 0.442. The van der Waals surface area contributed by atoms with E-state index in [9.17, 15) is 15.2 Å². The Kier molecular flexibility index (Phi) is 3.52. The van der Waals surface area contributed by atoms with Crippen molar-refractivity contribution in [1.29, 1.82) is 0 Å². The molecular formula is C13H18N2O3. The van der Waals surface area contributed by atoms with Gasteiger partial charge in [-0.3, -0.25) is 10.1 Å². The Hall–Kier alpha value is -1.62. The van der Waals surface area contributed by atoms with Gasteiger partial charge in [0.25, 0.3) is 5.69 Å². The van der Waals surface area contributed by atoms with E-state index in [1.165, 1.54) is 6.07 Å². The molecule has 0 spiro atoms. The van der Waals surface area contributed by atoms with Crippen molar-refractivity contribution in [2.45, 2.75) is 31.3 Å². The minimum atomic E-state index is -0.696. The van der Waals surface area contributed by atoms with E-state index in [1.807, 2.05) is 0 Å². The Balaban J connectivity index is 2.18. The fraction of sp³-hybridized carbons (Fsp3) is 0.538. The summed E-state index contributed by atoms with van der Waals surface area (Å²) in [5.74, 6) is 0. The van der Waals surface area contributed by atoms with Crippen LogP contribution in [-0.2, 0) is 0 Å². The fourth-order valence-electron chi connectivity index (χ4n) is 2.66. The zero-order valence-corrected chi connectivity index (χ0v) is 10.5. The summed E-state index contributed by atoms with van der Waals surface area (Å²) in [5.41, 5.74) is -0.0530. The lowest BCUT2D eigenvalue weighted by atomic mass is 10.0. The number of rotatable bonds is 4. The second kappa shape index (κ2) is 4.94. The van der Waals surface area contributed by atoms with Crippen molar-refractivity contribution in [2.75, 3.05) is 18.5 Å². The number of likely N-dealkylation sites (N-methyl/N-ethyl adjacent to an activating group) is 1. The van der Waals surface area contributed by atoms with Gasteiger partial charge in [-0.1, -0.05) is 25.0 Å². The topological polar surface area (TPSA) is 66.6 Å². The van der Waals surface area contributed by atoms with E-state index in [-0.39, 0.29) is 10.6 Å². The summed E-state index contributed by atoms with van der Waals surface area (Å²) >= 11 is 0. The second-order valence-corrected chi connectivity index (χ2v) is 5.03. The van der Waals surface area contributed by atoms with Crippen LogP contribution in [-0.4, -0.2) is 29.2 Å². The fourth-order valence-corrected chi connectivity index (χ4v) is 2.66. The predicted molar refractivity (Wildman–Crippen MR) is 69.8 cm³/mol. The quantitative estimate of drug-likeness (QED) is 0.658. The van der Waals surface area contributed by atoms with Crippen molar-refractivity contribution in [3.63, 3.8) is 0 Å². The summed E-state index contributed by atoms with van der Waals surface area (Å²) in [7, 11) is 1.79. The van der Waals surface area contributed by atoms with Gasteiger partial charge in [0.1, 0.15) is 5.69 Å². The van der Waals surface area contributed by atoms with Gasteiger partial charge < -0.3 is 10.0 Å². The lowest BCUT2D eigenvalue weighted by Gasteiger charge is -2.29. The Morgan fingerprint density at radius 2 is 2.00 bits per heavy atom. The van der Waals surface area contributed by atoms with Gasteiger partial charge in [-0.25, -0.2) is 0 Å². The van der Waals surface area contributed by atoms with Crippen molar-refractivity contribution < 1.29 is 10.0 Å². The molecule has 0 amide bonds. The number of anilines is 1. The van der Waals surface area contributed by atoms with Crippen LogP contribution in [0.3, 0.4) is 0 Å². The number of benzene rings is 1. The summed E-state index contributed by atoms with van der Waals surface area (Å²) in [4.78, 5) is 12.4. The van der Waals surface area contributed by atoms with Gasteiger partial charge in [-0.2, -0.15) is 0 Å². The number of aliphatic hydroxyl groups is 1. The number of nitrogens with zero attached hydrogens (tertiary/aromatic N) is 2. The SMILES string of the molecule is CN(CC1(O)CCCC1)c1ccccc1[N+](=O)[O-]. The van der Waals surface area contributed by atoms with Gasteiger partial charge >= 0.3 is 0 Å². The van der Waals surface area contributed by atoms with Crippen LogP contribution in [0.4, 0.5) is 11.4 Å². The molecule has 2 rings (SSSR count). The lowest BCUT2D eigenvalue weighted by Crippen LogP contribution is -2.39. The van der Waals surface area contributed by atoms with Gasteiger partial charge in [0.05, 0.1) is 10.5 Å². The third-order valence-electron chi connectivity index (χ3n) is 3.56. The largest absolute Gasteiger partial charge is 0.388 e. The highest BCUT2D eigenvalue weighted by Crippen LogP contribution is 2.33. The van der Waals surface area contributed by atoms with Crippen LogP contribution in [0, 0.1) is 10.1 Å². The van der Waals surface area contributed by atoms with Crippen molar-refractivity contribution in [3.05, 3.63) is 34.4 Å². The monoisotopic (exact) mass is 250 g/mol. The third kappa shape index (κ3) is 2.61. The predicted octanol–water partition coefficient (Wildman–Crippen LogP) is 2.34. The molecule has 1 aliphatic rings. The Labute approximate surface area is 106 Å². The van der Waals surface area contributed by atoms with Gasteiger partial charge in [0, 0.05) is 19.7 Å². The highest BCUT2D eigenvalue weighted by Gasteiger charge is 2.33. The first-order valence-electron chi connectivity index (χ1n) is 6.19. The van der Waals surface area contributed by atoms with E-state index < -0.39 is 5.60 Å². The molecule has 18 heavy (non-hydrogen) atoms. The Morgan fingerprint density at radius 1 is 1.39 bits per heavy atom. The number of hydrogen-bond acceptors (Lipinski definition) is 4. The number of nitro benzene ring substituents is 1. The molecule has 98 valence electrons. The highest BCUT2D eigenvalue weighted by atomic mass is 16.6. The molecule has 0 aromatic heterocycles. The van der Waals surface area contributed by atoms with Crippen LogP contribution in [0.2, 0.25) is 0 Å². The molecule has 0 heterocycles. The average Bonchev–Trinajstić information content (AvgIpc) is 2.75. The highest BCUT2D eigenvalue weighted by molar-refractivity contribution is 5.62. The van der Waals surface area contributed by atoms with E-state index in [0.717, 1.165) is 25.7 Å². The van der Waals surface area contributed by atoms with Crippen LogP contribution in [0.1, 0.15) is 25.7 Å². The van der Waals surface area contributed by atoms with Crippen LogP contribution in [0.15, 0.2) is 24.3 Å². The molecule has 0 radical (unpaired) electrons. The van der Waals surface area contributed by atoms with Crippen LogP contribution in [0.5, 0.6) is 0 Å². The van der Waals surface area contributed by atoms with Crippen LogP contribution in [0.25, 0.3) is 0 Å². The third-order valence-corrected chi connectivity index (χ3v) is 3.56. The van der Waals surface area contributed by atoms with Gasteiger partial charge in [-0.05, 0) is 18.9 Å². The normalized spacial score (nSPS) is 17.7. The maximum atomic E-state index is 11.0. The maximum Gasteiger partial charge on any atom is 0.292 e. The number of para-hydroxylation sites is 2. The summed E-state index contributed by atoms with van der Waals surface area (Å²) in [6, 6.07) is 6.64. The molecular weight excluding hydrogens is 232 g/mol. The first kappa shape index (κ1) is 12.8. The summed E-state index contributed by atoms with van der Waals surface area (Å²) < 4.78 is 0. The first-order chi connectivity index (χ1) is 8.52. The minimum Gasteiger partial charge on any atom is -0.388 e. The van der Waals surface area contributed by atoms with Gasteiger partial charge in [0.15, 0.2) is 0 Å². The van der Waals surface area contributed by atoms with Crippen LogP contribution >= 0.6 is 0 Å². The molecule has 0 bridgehead atoms. The van der Waals surface area contributed by atoms with E-state index in [2.05, 4.69) is 0 Å². The number of hydrogen-bond donors (Lipinski definition) is 1. The molecule has 1 aromatic rings. The molecule has 0 unspecified atom stereocenters. The van der Waals surface area contributed by atoms with E-state index in [0.29, 0.717) is 12.2 Å². The summed E-state index contributed by atoms with van der Waals surface area (Å²) in [5, 5.41) is 21.3. The molecule has 1 aliphatic carbocycles. The van der Waals surface area contributed by atoms with Gasteiger partial charge in [0.2, 0.25) is 0 Å². The Bertz CT molecular complexity index is 442. The second-order valence-electron chi connectivity index (χ2n) is 5.03. The van der Waals surface area contributed by atoms with Gasteiger partial charge in [-0.15, -0.1) is 0 Å². The smallest absolute Gasteiger partial charge is 0.292 e. The molecule has 0 saturated heterocycles. The molecule has 1 aromatic carbocycles. The average molecular weight is 250 g/mol. The van der Waals surface area contributed by atoms with E-state index >= 15 is 0 Å². The minimum absolute atomic E-state index is 0.0848. The standard InChI is InChI=1S/C13H18N2O3/c1-14(10-13(16)8-4-5-9-13)11-6-2-3-7-12(11)15(17)18/h2-3,6-7,16H,4-5,8-10H2,1H3. The molecule has 0 atom stereocenters. The Morgan fingerprint density at radius 3 is 2.61 bits per heavy atom. The van der Waals surface area contributed by atoms with Crippen LogP contribution < -0.4 is 4.90 Å². The van der Waals surface area contributed by atoms with Crippen molar-refractivity contribution in [2.24, 2.45) is 0 Å². The van der Waals surface area contributed by atoms with E-state index in [4.69, 9.17) is 0 Å². The first-order valence-corrected chi connectivity index (χ1v) is 6.19. The molecule has 5 heteroatoms. The number of nitro groups is 1.